The first kappa shape index (κ1) is 20.1. The number of ether oxygens (including phenoxy) is 1. The van der Waals surface area contributed by atoms with Gasteiger partial charge in [0, 0.05) is 6.92 Å². The molecule has 0 radical (unpaired) electrons. The Morgan fingerprint density at radius 2 is 1.81 bits per heavy atom. The van der Waals surface area contributed by atoms with Crippen LogP contribution in [0.25, 0.3) is 0 Å². The van der Waals surface area contributed by atoms with E-state index in [0.29, 0.717) is 25.7 Å². The highest BCUT2D eigenvalue weighted by Gasteiger charge is 2.24. The molecule has 0 fully saturated rings. The summed E-state index contributed by atoms with van der Waals surface area (Å²) in [4.78, 5) is 10.7. The molecule has 0 rings (SSSR count). The monoisotopic (exact) mass is 302 g/mol. The van der Waals surface area contributed by atoms with Gasteiger partial charge in [-0.05, 0) is 38.0 Å². The van der Waals surface area contributed by atoms with Crippen molar-refractivity contribution in [3.63, 3.8) is 0 Å². The molecule has 0 aromatic rings. The highest BCUT2D eigenvalue weighted by atomic mass is 16.5. The first-order valence-electron chi connectivity index (χ1n) is 7.42. The number of hydrogen-bond donors (Lipinski definition) is 3. The summed E-state index contributed by atoms with van der Waals surface area (Å²) >= 11 is 0. The summed E-state index contributed by atoms with van der Waals surface area (Å²) in [6.45, 7) is 11.0. The van der Waals surface area contributed by atoms with Crippen molar-refractivity contribution in [3.8, 4) is 0 Å². The summed E-state index contributed by atoms with van der Waals surface area (Å²) < 4.78 is 4.75. The van der Waals surface area contributed by atoms with Crippen LogP contribution in [-0.4, -0.2) is 46.2 Å². The highest BCUT2D eigenvalue weighted by molar-refractivity contribution is 5.65. The topological polar surface area (TPSA) is 87.0 Å². The van der Waals surface area contributed by atoms with E-state index in [-0.39, 0.29) is 12.0 Å². The zero-order chi connectivity index (χ0) is 16.6. The number of allylic oxidation sites excluding steroid dienone is 1. The number of aliphatic hydroxyl groups excluding tert-OH is 3. The fourth-order valence-electron chi connectivity index (χ4n) is 1.90. The molecule has 0 aromatic heterocycles. The molecule has 0 aliphatic carbocycles. The van der Waals surface area contributed by atoms with Crippen LogP contribution in [0.15, 0.2) is 12.2 Å². The van der Waals surface area contributed by atoms with Crippen molar-refractivity contribution in [2.45, 2.75) is 71.7 Å². The summed E-state index contributed by atoms with van der Waals surface area (Å²) in [5.41, 5.74) is 0.791. The fraction of sp³-hybridized carbons (Fsp3) is 0.812. The van der Waals surface area contributed by atoms with Crippen LogP contribution >= 0.6 is 0 Å². The van der Waals surface area contributed by atoms with Gasteiger partial charge in [-0.2, -0.15) is 0 Å². The third-order valence-corrected chi connectivity index (χ3v) is 3.84. The second kappa shape index (κ2) is 9.18. The number of aliphatic hydroxyl groups is 3. The molecular formula is C16H30O5. The largest absolute Gasteiger partial charge is 0.463 e. The summed E-state index contributed by atoms with van der Waals surface area (Å²) in [6.07, 6.45) is 0.155. The van der Waals surface area contributed by atoms with Crippen LogP contribution in [0.3, 0.4) is 0 Å². The average molecular weight is 302 g/mol. The Morgan fingerprint density at radius 1 is 1.24 bits per heavy atom. The maximum atomic E-state index is 10.7. The Balaban J connectivity index is 4.15. The van der Waals surface area contributed by atoms with Gasteiger partial charge in [-0.3, -0.25) is 4.79 Å². The summed E-state index contributed by atoms with van der Waals surface area (Å²) in [7, 11) is 0. The number of hydrogen-bond acceptors (Lipinski definition) is 5. The lowest BCUT2D eigenvalue weighted by molar-refractivity contribution is -0.144. The van der Waals surface area contributed by atoms with Crippen LogP contribution in [-0.2, 0) is 9.53 Å². The van der Waals surface area contributed by atoms with Crippen LogP contribution in [0.4, 0.5) is 0 Å². The second-order valence-corrected chi connectivity index (χ2v) is 6.33. The summed E-state index contributed by atoms with van der Waals surface area (Å²) in [6, 6.07) is 0. The summed E-state index contributed by atoms with van der Waals surface area (Å²) in [5, 5.41) is 28.6. The molecule has 0 aliphatic rings. The SMILES string of the molecule is C=C(CC[C@H](O)COC(C)=O)C(C)(C)CC[C@H](O)[C@H](C)O. The molecule has 0 bridgehead atoms. The highest BCUT2D eigenvalue weighted by Crippen LogP contribution is 2.34. The molecule has 0 aromatic carbocycles. The fourth-order valence-corrected chi connectivity index (χ4v) is 1.90. The van der Waals surface area contributed by atoms with Crippen molar-refractivity contribution in [1.29, 1.82) is 0 Å². The van der Waals surface area contributed by atoms with Crippen molar-refractivity contribution < 1.29 is 24.9 Å². The number of carbonyl (C=O) groups is 1. The molecule has 5 heteroatoms. The van der Waals surface area contributed by atoms with E-state index in [0.717, 1.165) is 5.57 Å². The number of rotatable bonds is 10. The minimum Gasteiger partial charge on any atom is -0.463 e. The molecule has 0 saturated heterocycles. The minimum atomic E-state index is -0.736. The molecule has 21 heavy (non-hydrogen) atoms. The Morgan fingerprint density at radius 3 is 2.29 bits per heavy atom. The summed E-state index contributed by atoms with van der Waals surface area (Å²) in [5.74, 6) is -0.402. The maximum absolute atomic E-state index is 10.7. The van der Waals surface area contributed by atoms with Gasteiger partial charge in [-0.1, -0.05) is 26.0 Å². The minimum absolute atomic E-state index is 0.00375. The number of esters is 1. The molecule has 0 aliphatic heterocycles. The third-order valence-electron chi connectivity index (χ3n) is 3.84. The van der Waals surface area contributed by atoms with Crippen molar-refractivity contribution in [2.75, 3.05) is 6.61 Å². The van der Waals surface area contributed by atoms with E-state index >= 15 is 0 Å². The smallest absolute Gasteiger partial charge is 0.302 e. The van der Waals surface area contributed by atoms with Gasteiger partial charge in [0.05, 0.1) is 18.3 Å². The van der Waals surface area contributed by atoms with E-state index in [9.17, 15) is 20.1 Å². The zero-order valence-corrected chi connectivity index (χ0v) is 13.6. The van der Waals surface area contributed by atoms with E-state index in [1.165, 1.54) is 6.92 Å². The van der Waals surface area contributed by atoms with Crippen molar-refractivity contribution in [3.05, 3.63) is 12.2 Å². The van der Waals surface area contributed by atoms with Gasteiger partial charge in [0.15, 0.2) is 0 Å². The van der Waals surface area contributed by atoms with E-state index in [1.54, 1.807) is 6.92 Å². The van der Waals surface area contributed by atoms with E-state index < -0.39 is 24.3 Å². The Hall–Kier alpha value is -0.910. The molecule has 0 spiro atoms. The van der Waals surface area contributed by atoms with Gasteiger partial charge >= 0.3 is 5.97 Å². The second-order valence-electron chi connectivity index (χ2n) is 6.33. The molecule has 0 unspecified atom stereocenters. The quantitative estimate of drug-likeness (QED) is 0.423. The molecule has 0 amide bonds. The van der Waals surface area contributed by atoms with Gasteiger partial charge < -0.3 is 20.1 Å². The van der Waals surface area contributed by atoms with Crippen LogP contribution in [0.5, 0.6) is 0 Å². The molecule has 3 atom stereocenters. The number of carbonyl (C=O) groups excluding carboxylic acids is 1. The van der Waals surface area contributed by atoms with E-state index in [2.05, 4.69) is 6.58 Å². The Labute approximate surface area is 127 Å². The van der Waals surface area contributed by atoms with Gasteiger partial charge in [0.25, 0.3) is 0 Å². The Kier molecular flexibility index (Phi) is 8.78. The van der Waals surface area contributed by atoms with Gasteiger partial charge in [0.2, 0.25) is 0 Å². The average Bonchev–Trinajstić information content (AvgIpc) is 2.39. The molecular weight excluding hydrogens is 272 g/mol. The van der Waals surface area contributed by atoms with Gasteiger partial charge in [-0.15, -0.1) is 0 Å². The van der Waals surface area contributed by atoms with Crippen LogP contribution < -0.4 is 0 Å². The molecule has 3 N–H and O–H groups in total. The normalized spacial score (nSPS) is 16.1. The van der Waals surface area contributed by atoms with Gasteiger partial charge in [0.1, 0.15) is 6.61 Å². The van der Waals surface area contributed by atoms with E-state index in [1.807, 2.05) is 13.8 Å². The standard InChI is InChI=1S/C16H30O5/c1-11(6-7-14(19)10-21-13(3)18)16(4,5)9-8-15(20)12(2)17/h12,14-15,17,19-20H,1,6-10H2,2-5H3/t12-,14-,15-/m0/s1. The lowest BCUT2D eigenvalue weighted by atomic mass is 9.77. The molecule has 0 heterocycles. The first-order valence-corrected chi connectivity index (χ1v) is 7.42. The van der Waals surface area contributed by atoms with Crippen molar-refractivity contribution in [1.82, 2.24) is 0 Å². The van der Waals surface area contributed by atoms with Crippen LogP contribution in [0.2, 0.25) is 0 Å². The molecule has 124 valence electrons. The van der Waals surface area contributed by atoms with E-state index in [4.69, 9.17) is 4.74 Å². The lowest BCUT2D eigenvalue weighted by Crippen LogP contribution is -2.26. The predicted octanol–water partition coefficient (Wildman–Crippen LogP) is 1.79. The zero-order valence-electron chi connectivity index (χ0n) is 13.6. The maximum Gasteiger partial charge on any atom is 0.302 e. The van der Waals surface area contributed by atoms with Crippen LogP contribution in [0, 0.1) is 5.41 Å². The first-order chi connectivity index (χ1) is 9.56. The van der Waals surface area contributed by atoms with Crippen molar-refractivity contribution in [2.24, 2.45) is 5.41 Å². The molecule has 5 nitrogen and oxygen atoms in total. The Bertz CT molecular complexity index is 336. The molecule has 0 saturated carbocycles. The van der Waals surface area contributed by atoms with Crippen LogP contribution in [0.1, 0.15) is 53.4 Å². The predicted molar refractivity (Wildman–Crippen MR) is 81.7 cm³/mol. The van der Waals surface area contributed by atoms with Crippen molar-refractivity contribution >= 4 is 5.97 Å². The third kappa shape index (κ3) is 8.86. The van der Waals surface area contributed by atoms with Gasteiger partial charge in [-0.25, -0.2) is 0 Å². The lowest BCUT2D eigenvalue weighted by Gasteiger charge is -2.29.